The van der Waals surface area contributed by atoms with Gasteiger partial charge in [0.25, 0.3) is 0 Å². The molecule has 18 heavy (non-hydrogen) atoms. The van der Waals surface area contributed by atoms with Crippen LogP contribution in [0.3, 0.4) is 0 Å². The van der Waals surface area contributed by atoms with Crippen LogP contribution in [-0.4, -0.2) is 49.8 Å². The molecule has 2 heterocycles. The number of hydrogen-bond acceptors (Lipinski definition) is 3. The van der Waals surface area contributed by atoms with Gasteiger partial charge in [0.2, 0.25) is 0 Å². The summed E-state index contributed by atoms with van der Waals surface area (Å²) in [5.41, 5.74) is 0. The van der Waals surface area contributed by atoms with Gasteiger partial charge in [0.15, 0.2) is 0 Å². The summed E-state index contributed by atoms with van der Waals surface area (Å²) in [5.74, 6) is 1.76. The van der Waals surface area contributed by atoms with Gasteiger partial charge in [-0.1, -0.05) is 13.8 Å². The van der Waals surface area contributed by atoms with Gasteiger partial charge in [-0.3, -0.25) is 4.90 Å². The van der Waals surface area contributed by atoms with E-state index in [1.807, 2.05) is 0 Å². The molecule has 0 amide bonds. The number of morpholine rings is 1. The van der Waals surface area contributed by atoms with Crippen LogP contribution in [0.15, 0.2) is 0 Å². The number of ether oxygens (including phenoxy) is 1. The maximum Gasteiger partial charge on any atom is 0.0852 e. The standard InChI is InChI=1S/C15H30N2O/c1-12(2)14-5-4-8-17(9-6-14)13(3)15-11-16-7-10-18-15/h12-16H,4-11H2,1-3H3. The summed E-state index contributed by atoms with van der Waals surface area (Å²) in [4.78, 5) is 2.65. The average Bonchev–Trinajstić information content (AvgIpc) is 2.64. The van der Waals surface area contributed by atoms with Gasteiger partial charge in [-0.15, -0.1) is 0 Å². The van der Waals surface area contributed by atoms with Crippen molar-refractivity contribution in [3.05, 3.63) is 0 Å². The first-order chi connectivity index (χ1) is 8.68. The largest absolute Gasteiger partial charge is 0.374 e. The maximum atomic E-state index is 5.90. The van der Waals surface area contributed by atoms with Crippen molar-refractivity contribution in [3.63, 3.8) is 0 Å². The van der Waals surface area contributed by atoms with E-state index >= 15 is 0 Å². The van der Waals surface area contributed by atoms with Crippen LogP contribution in [0, 0.1) is 11.8 Å². The quantitative estimate of drug-likeness (QED) is 0.835. The molecule has 1 N–H and O–H groups in total. The van der Waals surface area contributed by atoms with E-state index in [9.17, 15) is 0 Å². The summed E-state index contributed by atoms with van der Waals surface area (Å²) in [5, 5.41) is 3.45. The first-order valence-corrected chi connectivity index (χ1v) is 7.75. The van der Waals surface area contributed by atoms with Gasteiger partial charge in [0.1, 0.15) is 0 Å². The predicted molar refractivity (Wildman–Crippen MR) is 75.8 cm³/mol. The fourth-order valence-corrected chi connectivity index (χ4v) is 3.35. The van der Waals surface area contributed by atoms with Crippen molar-refractivity contribution in [2.75, 3.05) is 32.8 Å². The Morgan fingerprint density at radius 1 is 1.17 bits per heavy atom. The lowest BCUT2D eigenvalue weighted by Crippen LogP contribution is -2.51. The Bertz CT molecular complexity index is 239. The third-order valence-corrected chi connectivity index (χ3v) is 4.82. The molecule has 0 spiro atoms. The molecule has 106 valence electrons. The smallest absolute Gasteiger partial charge is 0.0852 e. The Kier molecular flexibility index (Phi) is 5.46. The normalized spacial score (nSPS) is 33.3. The van der Waals surface area contributed by atoms with Gasteiger partial charge < -0.3 is 10.1 Å². The predicted octanol–water partition coefficient (Wildman–Crippen LogP) is 2.12. The zero-order valence-corrected chi connectivity index (χ0v) is 12.3. The second-order valence-electron chi connectivity index (χ2n) is 6.32. The second-order valence-corrected chi connectivity index (χ2v) is 6.32. The van der Waals surface area contributed by atoms with Crippen molar-refractivity contribution in [2.24, 2.45) is 11.8 Å². The highest BCUT2D eigenvalue weighted by atomic mass is 16.5. The third-order valence-electron chi connectivity index (χ3n) is 4.82. The zero-order chi connectivity index (χ0) is 13.0. The molecule has 0 aliphatic carbocycles. The minimum absolute atomic E-state index is 0.384. The van der Waals surface area contributed by atoms with E-state index in [0.29, 0.717) is 12.1 Å². The highest BCUT2D eigenvalue weighted by molar-refractivity contribution is 4.83. The molecule has 0 aromatic carbocycles. The van der Waals surface area contributed by atoms with Crippen LogP contribution >= 0.6 is 0 Å². The van der Waals surface area contributed by atoms with Crippen molar-refractivity contribution in [1.29, 1.82) is 0 Å². The summed E-state index contributed by atoms with van der Waals surface area (Å²) < 4.78 is 5.90. The van der Waals surface area contributed by atoms with E-state index in [2.05, 4.69) is 31.0 Å². The monoisotopic (exact) mass is 254 g/mol. The molecule has 2 aliphatic heterocycles. The van der Waals surface area contributed by atoms with Crippen LogP contribution in [0.4, 0.5) is 0 Å². The molecule has 0 saturated carbocycles. The molecule has 2 saturated heterocycles. The highest BCUT2D eigenvalue weighted by Gasteiger charge is 2.28. The van der Waals surface area contributed by atoms with Gasteiger partial charge in [-0.05, 0) is 51.1 Å². The van der Waals surface area contributed by atoms with E-state index in [1.165, 1.54) is 32.4 Å². The van der Waals surface area contributed by atoms with Crippen LogP contribution in [-0.2, 0) is 4.74 Å². The van der Waals surface area contributed by atoms with Gasteiger partial charge in [0, 0.05) is 19.1 Å². The highest BCUT2D eigenvalue weighted by Crippen LogP contribution is 2.26. The van der Waals surface area contributed by atoms with Crippen molar-refractivity contribution in [2.45, 2.75) is 52.2 Å². The fraction of sp³-hybridized carbons (Fsp3) is 1.00. The SMILES string of the molecule is CC(C)C1CCCN(C(C)C2CNCCO2)CC1. The lowest BCUT2D eigenvalue weighted by molar-refractivity contribution is -0.0256. The first-order valence-electron chi connectivity index (χ1n) is 7.75. The molecule has 3 atom stereocenters. The fourth-order valence-electron chi connectivity index (χ4n) is 3.35. The van der Waals surface area contributed by atoms with Gasteiger partial charge >= 0.3 is 0 Å². The summed E-state index contributed by atoms with van der Waals surface area (Å²) in [6.45, 7) is 12.5. The minimum atomic E-state index is 0.384. The molecule has 3 unspecified atom stereocenters. The van der Waals surface area contributed by atoms with Gasteiger partial charge in [-0.2, -0.15) is 0 Å². The lowest BCUT2D eigenvalue weighted by Gasteiger charge is -2.36. The summed E-state index contributed by atoms with van der Waals surface area (Å²) in [7, 11) is 0. The number of likely N-dealkylation sites (tertiary alicyclic amines) is 1. The van der Waals surface area contributed by atoms with Crippen LogP contribution in [0.25, 0.3) is 0 Å². The van der Waals surface area contributed by atoms with E-state index in [1.54, 1.807) is 0 Å². The Morgan fingerprint density at radius 3 is 2.67 bits per heavy atom. The molecule has 2 rings (SSSR count). The summed E-state index contributed by atoms with van der Waals surface area (Å²) in [6.07, 6.45) is 4.51. The number of rotatable bonds is 3. The number of hydrogen-bond donors (Lipinski definition) is 1. The molecule has 3 nitrogen and oxygen atoms in total. The molecular weight excluding hydrogens is 224 g/mol. The first kappa shape index (κ1) is 14.3. The van der Waals surface area contributed by atoms with Crippen molar-refractivity contribution in [1.82, 2.24) is 10.2 Å². The summed E-state index contributed by atoms with van der Waals surface area (Å²) >= 11 is 0. The summed E-state index contributed by atoms with van der Waals surface area (Å²) in [6, 6.07) is 0.559. The molecule has 0 bridgehead atoms. The van der Waals surface area contributed by atoms with Crippen LogP contribution in [0.2, 0.25) is 0 Å². The Labute approximate surface area is 112 Å². The molecule has 0 aromatic heterocycles. The van der Waals surface area contributed by atoms with Crippen molar-refractivity contribution in [3.8, 4) is 0 Å². The second kappa shape index (κ2) is 6.88. The zero-order valence-electron chi connectivity index (χ0n) is 12.3. The number of nitrogens with zero attached hydrogens (tertiary/aromatic N) is 1. The van der Waals surface area contributed by atoms with Crippen molar-refractivity contribution < 1.29 is 4.74 Å². The van der Waals surface area contributed by atoms with E-state index in [0.717, 1.165) is 31.5 Å². The van der Waals surface area contributed by atoms with E-state index in [4.69, 9.17) is 4.74 Å². The minimum Gasteiger partial charge on any atom is -0.374 e. The molecule has 2 fully saturated rings. The molecule has 3 heteroatoms. The van der Waals surface area contributed by atoms with Crippen LogP contribution < -0.4 is 5.32 Å². The van der Waals surface area contributed by atoms with E-state index < -0.39 is 0 Å². The molecule has 0 aromatic rings. The third kappa shape index (κ3) is 3.69. The maximum absolute atomic E-state index is 5.90. The van der Waals surface area contributed by atoms with Crippen LogP contribution in [0.5, 0.6) is 0 Å². The topological polar surface area (TPSA) is 24.5 Å². The Morgan fingerprint density at radius 2 is 2.00 bits per heavy atom. The molecule has 2 aliphatic rings. The number of nitrogens with one attached hydrogen (secondary N) is 1. The van der Waals surface area contributed by atoms with Crippen LogP contribution in [0.1, 0.15) is 40.0 Å². The lowest BCUT2D eigenvalue weighted by atomic mass is 9.89. The van der Waals surface area contributed by atoms with E-state index in [-0.39, 0.29) is 0 Å². The van der Waals surface area contributed by atoms with Crippen molar-refractivity contribution >= 4 is 0 Å². The van der Waals surface area contributed by atoms with Gasteiger partial charge in [-0.25, -0.2) is 0 Å². The molecular formula is C15H30N2O. The average molecular weight is 254 g/mol. The Hall–Kier alpha value is -0.120. The molecule has 0 radical (unpaired) electrons. The van der Waals surface area contributed by atoms with Gasteiger partial charge in [0.05, 0.1) is 12.7 Å². The Balaban J connectivity index is 1.84.